The number of hydrogen-bond donors (Lipinski definition) is 0. The van der Waals surface area contributed by atoms with Crippen LogP contribution in [0.5, 0.6) is 0 Å². The van der Waals surface area contributed by atoms with E-state index in [9.17, 15) is 0 Å². The zero-order valence-electron chi connectivity index (χ0n) is 8.28. The van der Waals surface area contributed by atoms with E-state index in [4.69, 9.17) is 0 Å². The molecule has 0 saturated heterocycles. The summed E-state index contributed by atoms with van der Waals surface area (Å²) in [5, 5.41) is 2.53. The molecule has 0 aliphatic rings. The van der Waals surface area contributed by atoms with Crippen molar-refractivity contribution in [2.75, 3.05) is 0 Å². The van der Waals surface area contributed by atoms with E-state index in [-0.39, 0.29) is 0 Å². The fraction of sp³-hybridized carbons (Fsp3) is 0. The van der Waals surface area contributed by atoms with Gasteiger partial charge in [-0.05, 0) is 44.2 Å². The summed E-state index contributed by atoms with van der Waals surface area (Å²) in [4.78, 5) is 0. The molecule has 0 radical (unpaired) electrons. The van der Waals surface area contributed by atoms with Gasteiger partial charge in [-0.3, -0.25) is 0 Å². The highest BCUT2D eigenvalue weighted by Gasteiger charge is 1.98. The van der Waals surface area contributed by atoms with Crippen LogP contribution in [0.1, 0.15) is 11.1 Å². The molecule has 0 aliphatic carbocycles. The zero-order chi connectivity index (χ0) is 10.7. The first kappa shape index (κ1) is 10.4. The molecule has 15 heavy (non-hydrogen) atoms. The maximum absolute atomic E-state index is 3.84. The third kappa shape index (κ3) is 2.12. The van der Waals surface area contributed by atoms with Gasteiger partial charge in [0.1, 0.15) is 0 Å². The van der Waals surface area contributed by atoms with Gasteiger partial charge in [0, 0.05) is 0 Å². The summed E-state index contributed by atoms with van der Waals surface area (Å²) >= 11 is 2.23. The van der Waals surface area contributed by atoms with Crippen molar-refractivity contribution in [2.45, 2.75) is 0 Å². The van der Waals surface area contributed by atoms with Crippen LogP contribution in [0.2, 0.25) is 0 Å². The molecule has 2 aromatic carbocycles. The van der Waals surface area contributed by atoms with E-state index < -0.39 is 0 Å². The summed E-state index contributed by atoms with van der Waals surface area (Å²) in [6, 6.07) is 12.7. The van der Waals surface area contributed by atoms with Crippen molar-refractivity contribution in [3.05, 3.63) is 58.2 Å². The Kier molecular flexibility index (Phi) is 3.21. The van der Waals surface area contributed by atoms with Crippen molar-refractivity contribution >= 4 is 45.5 Å². The molecule has 0 heterocycles. The van der Waals surface area contributed by atoms with Crippen LogP contribution < -0.4 is 0 Å². The van der Waals surface area contributed by atoms with Crippen molar-refractivity contribution in [1.82, 2.24) is 0 Å². The Morgan fingerprint density at radius 1 is 1.00 bits per heavy atom. The van der Waals surface area contributed by atoms with Crippen LogP contribution in [0.25, 0.3) is 22.9 Å². The highest BCUT2D eigenvalue weighted by atomic mass is 127. The molecule has 0 nitrogen and oxygen atoms in total. The van der Waals surface area contributed by atoms with E-state index in [0.29, 0.717) is 0 Å². The van der Waals surface area contributed by atoms with Gasteiger partial charge in [-0.2, -0.15) is 0 Å². The molecule has 0 amide bonds. The second-order valence-electron chi connectivity index (χ2n) is 3.33. The van der Waals surface area contributed by atoms with Gasteiger partial charge in [0.15, 0.2) is 0 Å². The van der Waals surface area contributed by atoms with Gasteiger partial charge in [-0.1, -0.05) is 59.5 Å². The Morgan fingerprint density at radius 3 is 2.13 bits per heavy atom. The van der Waals surface area contributed by atoms with Crippen molar-refractivity contribution in [3.63, 3.8) is 0 Å². The Bertz CT molecular complexity index is 524. The van der Waals surface area contributed by atoms with Crippen LogP contribution in [0.15, 0.2) is 47.1 Å². The van der Waals surface area contributed by atoms with E-state index in [1.54, 1.807) is 0 Å². The molecule has 0 bridgehead atoms. The average Bonchev–Trinajstić information content (AvgIpc) is 2.28. The molecule has 0 unspecified atom stereocenters. The molecule has 1 heteroatoms. The Labute approximate surface area is 103 Å². The molecule has 2 aromatic rings. The molecule has 74 valence electrons. The minimum Gasteiger partial charge on any atom is -0.0984 e. The maximum Gasteiger partial charge on any atom is -0.0173 e. The third-order valence-electron chi connectivity index (χ3n) is 2.41. The van der Waals surface area contributed by atoms with Crippen molar-refractivity contribution in [2.24, 2.45) is 0 Å². The Morgan fingerprint density at radius 2 is 1.60 bits per heavy atom. The highest BCUT2D eigenvalue weighted by molar-refractivity contribution is 14.1. The van der Waals surface area contributed by atoms with Crippen molar-refractivity contribution in [3.8, 4) is 0 Å². The van der Waals surface area contributed by atoms with Crippen LogP contribution in [0.4, 0.5) is 0 Å². The summed E-state index contributed by atoms with van der Waals surface area (Å²) < 4.78 is 2.02. The standard InChI is InChI=1S/C14H11I/c1-2-11-9-12-5-3-4-6-13(12)10-14(11)7-8-15/h2-10H,1H2/b8-7-. The smallest absolute Gasteiger partial charge is 0.0173 e. The second-order valence-corrected chi connectivity index (χ2v) is 4.04. The summed E-state index contributed by atoms with van der Waals surface area (Å²) in [5.41, 5.74) is 2.40. The van der Waals surface area contributed by atoms with E-state index in [2.05, 4.69) is 71.6 Å². The monoisotopic (exact) mass is 306 g/mol. The summed E-state index contributed by atoms with van der Waals surface area (Å²) in [6.07, 6.45) is 4.00. The zero-order valence-corrected chi connectivity index (χ0v) is 10.4. The van der Waals surface area contributed by atoms with Crippen LogP contribution in [0.3, 0.4) is 0 Å². The van der Waals surface area contributed by atoms with E-state index in [1.165, 1.54) is 21.9 Å². The molecule has 0 aliphatic heterocycles. The molecule has 0 atom stereocenters. The number of rotatable bonds is 2. The first-order valence-corrected chi connectivity index (χ1v) is 6.01. The quantitative estimate of drug-likeness (QED) is 0.693. The van der Waals surface area contributed by atoms with Crippen LogP contribution in [-0.2, 0) is 0 Å². The minimum absolute atomic E-state index is 1.18. The van der Waals surface area contributed by atoms with Crippen LogP contribution in [0, 0.1) is 0 Å². The molecule has 0 fully saturated rings. The lowest BCUT2D eigenvalue weighted by atomic mass is 10.0. The number of halogens is 1. The largest absolute Gasteiger partial charge is 0.0984 e. The number of benzene rings is 2. The summed E-state index contributed by atoms with van der Waals surface area (Å²) in [6.45, 7) is 3.84. The lowest BCUT2D eigenvalue weighted by molar-refractivity contribution is 1.67. The molecule has 0 aromatic heterocycles. The van der Waals surface area contributed by atoms with Gasteiger partial charge in [-0.15, -0.1) is 0 Å². The molecule has 0 N–H and O–H groups in total. The van der Waals surface area contributed by atoms with Gasteiger partial charge in [0.05, 0.1) is 0 Å². The van der Waals surface area contributed by atoms with Crippen molar-refractivity contribution < 1.29 is 0 Å². The normalized spacial score (nSPS) is 11.0. The predicted octanol–water partition coefficient (Wildman–Crippen LogP) is 4.89. The SMILES string of the molecule is C=Cc1cc2ccccc2cc1/C=C\I. The summed E-state index contributed by atoms with van der Waals surface area (Å²) in [7, 11) is 0. The first-order chi connectivity index (χ1) is 7.35. The summed E-state index contributed by atoms with van der Waals surface area (Å²) in [5.74, 6) is 0. The lowest BCUT2D eigenvalue weighted by Crippen LogP contribution is -1.81. The Balaban J connectivity index is 2.74. The molecular weight excluding hydrogens is 295 g/mol. The van der Waals surface area contributed by atoms with Crippen LogP contribution >= 0.6 is 22.6 Å². The lowest BCUT2D eigenvalue weighted by Gasteiger charge is -2.04. The van der Waals surface area contributed by atoms with E-state index >= 15 is 0 Å². The fourth-order valence-electron chi connectivity index (χ4n) is 1.66. The van der Waals surface area contributed by atoms with Gasteiger partial charge < -0.3 is 0 Å². The van der Waals surface area contributed by atoms with Crippen LogP contribution in [-0.4, -0.2) is 0 Å². The van der Waals surface area contributed by atoms with Gasteiger partial charge in [-0.25, -0.2) is 0 Å². The number of fused-ring (bicyclic) bond motifs is 1. The third-order valence-corrected chi connectivity index (χ3v) is 2.77. The van der Waals surface area contributed by atoms with Gasteiger partial charge >= 0.3 is 0 Å². The Hall–Kier alpha value is -1.09. The molecular formula is C14H11I. The minimum atomic E-state index is 1.18. The maximum atomic E-state index is 3.84. The predicted molar refractivity (Wildman–Crippen MR) is 77.1 cm³/mol. The fourth-order valence-corrected chi connectivity index (χ4v) is 2.05. The second kappa shape index (κ2) is 4.62. The van der Waals surface area contributed by atoms with Gasteiger partial charge in [0.2, 0.25) is 0 Å². The average molecular weight is 306 g/mol. The van der Waals surface area contributed by atoms with E-state index in [1.807, 2.05) is 10.2 Å². The van der Waals surface area contributed by atoms with E-state index in [0.717, 1.165) is 0 Å². The topological polar surface area (TPSA) is 0 Å². The van der Waals surface area contributed by atoms with Crippen molar-refractivity contribution in [1.29, 1.82) is 0 Å². The number of hydrogen-bond acceptors (Lipinski definition) is 0. The molecule has 0 spiro atoms. The molecule has 0 saturated carbocycles. The highest BCUT2D eigenvalue weighted by Crippen LogP contribution is 2.22. The first-order valence-electron chi connectivity index (χ1n) is 4.77. The molecule has 2 rings (SSSR count). The van der Waals surface area contributed by atoms with Gasteiger partial charge in [0.25, 0.3) is 0 Å².